The molecule has 6 heteroatoms. The van der Waals surface area contributed by atoms with E-state index < -0.39 is 6.04 Å². The van der Waals surface area contributed by atoms with E-state index in [9.17, 15) is 4.79 Å². The van der Waals surface area contributed by atoms with Crippen LogP contribution < -0.4 is 11.1 Å². The van der Waals surface area contributed by atoms with Gasteiger partial charge in [0.05, 0.1) is 6.04 Å². The van der Waals surface area contributed by atoms with Gasteiger partial charge in [0.25, 0.3) is 0 Å². The van der Waals surface area contributed by atoms with Crippen LogP contribution >= 0.6 is 0 Å². The Morgan fingerprint density at radius 1 is 1.69 bits per heavy atom. The second-order valence-electron chi connectivity index (χ2n) is 3.79. The van der Waals surface area contributed by atoms with Crippen molar-refractivity contribution in [2.24, 2.45) is 11.7 Å². The Balaban J connectivity index is 2.24. The summed E-state index contributed by atoms with van der Waals surface area (Å²) in [7, 11) is 0. The molecule has 0 saturated carbocycles. The van der Waals surface area contributed by atoms with Crippen molar-refractivity contribution >= 4 is 5.91 Å². The molecule has 0 saturated heterocycles. The van der Waals surface area contributed by atoms with E-state index in [0.29, 0.717) is 18.9 Å². The molecule has 1 amide bonds. The molecule has 16 heavy (non-hydrogen) atoms. The van der Waals surface area contributed by atoms with Gasteiger partial charge in [-0.1, -0.05) is 25.4 Å². The Morgan fingerprint density at radius 2 is 2.44 bits per heavy atom. The maximum Gasteiger partial charge on any atom is 0.237 e. The molecule has 3 N–H and O–H groups in total. The molecule has 0 radical (unpaired) electrons. The van der Waals surface area contributed by atoms with Gasteiger partial charge >= 0.3 is 0 Å². The van der Waals surface area contributed by atoms with Crippen molar-refractivity contribution in [1.82, 2.24) is 15.5 Å². The summed E-state index contributed by atoms with van der Waals surface area (Å²) in [5, 5.41) is 6.22. The zero-order valence-electron chi connectivity index (χ0n) is 9.64. The summed E-state index contributed by atoms with van der Waals surface area (Å²) < 4.78 is 4.80. The molecule has 1 heterocycles. The average Bonchev–Trinajstić information content (AvgIpc) is 2.79. The molecule has 1 aromatic rings. The molecule has 0 aliphatic carbocycles. The fourth-order valence-corrected chi connectivity index (χ4v) is 1.23. The minimum Gasteiger partial charge on any atom is -0.354 e. The maximum absolute atomic E-state index is 11.6. The van der Waals surface area contributed by atoms with Gasteiger partial charge in [-0.15, -0.1) is 0 Å². The largest absolute Gasteiger partial charge is 0.354 e. The summed E-state index contributed by atoms with van der Waals surface area (Å²) >= 11 is 0. The minimum atomic E-state index is -0.451. The van der Waals surface area contributed by atoms with Crippen molar-refractivity contribution < 1.29 is 9.32 Å². The molecule has 0 aromatic carbocycles. The second-order valence-corrected chi connectivity index (χ2v) is 3.79. The van der Waals surface area contributed by atoms with Crippen LogP contribution in [-0.4, -0.2) is 28.6 Å². The van der Waals surface area contributed by atoms with Crippen LogP contribution in [0.2, 0.25) is 0 Å². The summed E-state index contributed by atoms with van der Waals surface area (Å²) in [5.74, 6) is 0.565. The van der Waals surface area contributed by atoms with E-state index in [1.54, 1.807) is 0 Å². The van der Waals surface area contributed by atoms with Gasteiger partial charge in [0.1, 0.15) is 0 Å². The minimum absolute atomic E-state index is 0.131. The Kier molecular flexibility index (Phi) is 4.91. The van der Waals surface area contributed by atoms with Crippen LogP contribution in [-0.2, 0) is 11.2 Å². The van der Waals surface area contributed by atoms with E-state index in [1.807, 2.05) is 13.8 Å². The molecule has 0 spiro atoms. The van der Waals surface area contributed by atoms with Crippen LogP contribution in [0.25, 0.3) is 0 Å². The zero-order chi connectivity index (χ0) is 12.0. The van der Waals surface area contributed by atoms with E-state index in [0.717, 1.165) is 6.42 Å². The molecule has 0 unspecified atom stereocenters. The van der Waals surface area contributed by atoms with Crippen molar-refractivity contribution in [2.45, 2.75) is 32.7 Å². The summed E-state index contributed by atoms with van der Waals surface area (Å²) in [6, 6.07) is -0.451. The second kappa shape index (κ2) is 6.22. The van der Waals surface area contributed by atoms with E-state index in [4.69, 9.17) is 10.3 Å². The number of aromatic nitrogens is 2. The number of hydrogen-bond donors (Lipinski definition) is 2. The lowest BCUT2D eigenvalue weighted by Gasteiger charge is -2.17. The first-order valence-electron chi connectivity index (χ1n) is 5.44. The van der Waals surface area contributed by atoms with Gasteiger partial charge in [-0.25, -0.2) is 0 Å². The van der Waals surface area contributed by atoms with E-state index in [1.165, 1.54) is 6.33 Å². The van der Waals surface area contributed by atoms with Crippen molar-refractivity contribution in [3.05, 3.63) is 12.2 Å². The van der Waals surface area contributed by atoms with Crippen LogP contribution in [0.4, 0.5) is 0 Å². The fourth-order valence-electron chi connectivity index (χ4n) is 1.23. The lowest BCUT2D eigenvalue weighted by atomic mass is 9.99. The Morgan fingerprint density at radius 3 is 3.00 bits per heavy atom. The number of nitrogens with zero attached hydrogens (tertiary/aromatic N) is 2. The Bertz CT molecular complexity index is 313. The molecule has 6 nitrogen and oxygen atoms in total. The third kappa shape index (κ3) is 3.62. The number of nitrogens with two attached hydrogens (primary N) is 1. The smallest absolute Gasteiger partial charge is 0.237 e. The number of rotatable bonds is 6. The van der Waals surface area contributed by atoms with E-state index >= 15 is 0 Å². The molecule has 0 fully saturated rings. The van der Waals surface area contributed by atoms with Gasteiger partial charge in [-0.05, 0) is 5.92 Å². The highest BCUT2D eigenvalue weighted by molar-refractivity contribution is 5.81. The van der Waals surface area contributed by atoms with Crippen LogP contribution in [0.15, 0.2) is 10.9 Å². The van der Waals surface area contributed by atoms with Crippen LogP contribution in [0, 0.1) is 5.92 Å². The zero-order valence-corrected chi connectivity index (χ0v) is 9.64. The normalized spacial score (nSPS) is 14.4. The highest BCUT2D eigenvalue weighted by Crippen LogP contribution is 2.04. The Labute approximate surface area is 94.6 Å². The molecule has 0 aliphatic heterocycles. The molecular weight excluding hydrogens is 208 g/mol. The van der Waals surface area contributed by atoms with Gasteiger partial charge in [-0.3, -0.25) is 4.79 Å². The molecule has 1 rings (SSSR count). The molecule has 0 aliphatic rings. The predicted molar refractivity (Wildman–Crippen MR) is 58.4 cm³/mol. The first kappa shape index (κ1) is 12.6. The van der Waals surface area contributed by atoms with E-state index in [-0.39, 0.29) is 11.8 Å². The molecule has 0 bridgehead atoms. The molecular formula is C10H18N4O2. The molecule has 2 atom stereocenters. The SMILES string of the molecule is CC[C@H](C)[C@H](N)C(=O)NCCc1ncno1. The molecule has 1 aromatic heterocycles. The van der Waals surface area contributed by atoms with Gasteiger partial charge in [-0.2, -0.15) is 4.98 Å². The summed E-state index contributed by atoms with van der Waals surface area (Å²) in [4.78, 5) is 15.4. The number of nitrogens with one attached hydrogen (secondary N) is 1. The average molecular weight is 226 g/mol. The predicted octanol–water partition coefficient (Wildman–Crippen LogP) is 0.102. The highest BCUT2D eigenvalue weighted by atomic mass is 16.5. The van der Waals surface area contributed by atoms with Crippen molar-refractivity contribution in [1.29, 1.82) is 0 Å². The van der Waals surface area contributed by atoms with E-state index in [2.05, 4.69) is 15.5 Å². The van der Waals surface area contributed by atoms with Crippen molar-refractivity contribution in [2.75, 3.05) is 6.54 Å². The molecule has 90 valence electrons. The van der Waals surface area contributed by atoms with Gasteiger partial charge in [0.15, 0.2) is 6.33 Å². The Hall–Kier alpha value is -1.43. The number of carbonyl (C=O) groups is 1. The van der Waals surface area contributed by atoms with Gasteiger partial charge < -0.3 is 15.6 Å². The van der Waals surface area contributed by atoms with Crippen LogP contribution in [0.3, 0.4) is 0 Å². The van der Waals surface area contributed by atoms with Gasteiger partial charge in [0, 0.05) is 13.0 Å². The number of hydrogen-bond acceptors (Lipinski definition) is 5. The first-order valence-corrected chi connectivity index (χ1v) is 5.44. The number of carbonyl (C=O) groups excluding carboxylic acids is 1. The lowest BCUT2D eigenvalue weighted by Crippen LogP contribution is -2.45. The quantitative estimate of drug-likeness (QED) is 0.717. The monoisotopic (exact) mass is 226 g/mol. The lowest BCUT2D eigenvalue weighted by molar-refractivity contribution is -0.123. The first-order chi connectivity index (χ1) is 7.65. The maximum atomic E-state index is 11.6. The fraction of sp³-hybridized carbons (Fsp3) is 0.700. The third-order valence-corrected chi connectivity index (χ3v) is 2.60. The standard InChI is InChI=1S/C10H18N4O2/c1-3-7(2)9(11)10(15)12-5-4-8-13-6-14-16-8/h6-7,9H,3-5,11H2,1-2H3,(H,12,15)/t7-,9-/m0/s1. The van der Waals surface area contributed by atoms with Crippen molar-refractivity contribution in [3.63, 3.8) is 0 Å². The van der Waals surface area contributed by atoms with Crippen LogP contribution in [0.5, 0.6) is 0 Å². The van der Waals surface area contributed by atoms with Crippen LogP contribution in [0.1, 0.15) is 26.2 Å². The summed E-state index contributed by atoms with van der Waals surface area (Å²) in [5.41, 5.74) is 5.77. The summed E-state index contributed by atoms with van der Waals surface area (Å²) in [6.07, 6.45) is 2.75. The van der Waals surface area contributed by atoms with Gasteiger partial charge in [0.2, 0.25) is 11.8 Å². The number of amides is 1. The topological polar surface area (TPSA) is 94.0 Å². The highest BCUT2D eigenvalue weighted by Gasteiger charge is 2.18. The third-order valence-electron chi connectivity index (χ3n) is 2.60. The van der Waals surface area contributed by atoms with Crippen molar-refractivity contribution in [3.8, 4) is 0 Å². The summed E-state index contributed by atoms with van der Waals surface area (Å²) in [6.45, 7) is 4.43.